The lowest BCUT2D eigenvalue weighted by Gasteiger charge is -2.10. The number of nitrogens with one attached hydrogen (secondary N) is 2. The molecule has 0 aromatic carbocycles. The van der Waals surface area contributed by atoms with Gasteiger partial charge in [-0.1, -0.05) is 6.08 Å². The fourth-order valence-electron chi connectivity index (χ4n) is 3.82. The van der Waals surface area contributed by atoms with Gasteiger partial charge in [-0.05, 0) is 43.9 Å². The molecule has 0 radical (unpaired) electrons. The number of likely N-dealkylation sites (N-methyl/N-ethyl adjacent to an activating group) is 1. The van der Waals surface area contributed by atoms with Crippen LogP contribution in [0, 0.1) is 0 Å². The number of aryl methyl sites for hydroxylation is 1. The van der Waals surface area contributed by atoms with Crippen LogP contribution in [0.3, 0.4) is 0 Å². The largest absolute Gasteiger partial charge is 0.345 e. The molecule has 10 nitrogen and oxygen atoms in total. The molecule has 0 aliphatic rings. The summed E-state index contributed by atoms with van der Waals surface area (Å²) < 4.78 is 1.72. The number of pyridine rings is 2. The first-order valence-electron chi connectivity index (χ1n) is 11.3. The third-order valence-electron chi connectivity index (χ3n) is 5.54. The minimum Gasteiger partial charge on any atom is -0.345 e. The van der Waals surface area contributed by atoms with Crippen molar-refractivity contribution < 1.29 is 4.79 Å². The Morgan fingerprint density at radius 3 is 2.75 bits per heavy atom. The number of hydrogen-bond donors (Lipinski definition) is 2. The van der Waals surface area contributed by atoms with Gasteiger partial charge in [0.1, 0.15) is 17.8 Å². The zero-order chi connectivity index (χ0) is 25.1. The van der Waals surface area contributed by atoms with E-state index >= 15 is 0 Å². The van der Waals surface area contributed by atoms with E-state index < -0.39 is 0 Å². The van der Waals surface area contributed by atoms with E-state index in [0.717, 1.165) is 39.0 Å². The van der Waals surface area contributed by atoms with Gasteiger partial charge in [0.05, 0.1) is 17.6 Å². The number of aromatic amines is 1. The van der Waals surface area contributed by atoms with Crippen molar-refractivity contribution >= 4 is 22.8 Å². The van der Waals surface area contributed by atoms with E-state index in [-0.39, 0.29) is 5.91 Å². The Balaban J connectivity index is 1.56. The van der Waals surface area contributed by atoms with Crippen molar-refractivity contribution in [3.63, 3.8) is 0 Å². The lowest BCUT2D eigenvalue weighted by atomic mass is 10.0. The molecule has 0 aliphatic heterocycles. The molecule has 180 valence electrons. The maximum atomic E-state index is 12.5. The highest BCUT2D eigenvalue weighted by Crippen LogP contribution is 2.32. The van der Waals surface area contributed by atoms with Gasteiger partial charge in [0.15, 0.2) is 0 Å². The van der Waals surface area contributed by atoms with E-state index in [4.69, 9.17) is 0 Å². The van der Waals surface area contributed by atoms with Crippen LogP contribution in [0.25, 0.3) is 44.7 Å². The van der Waals surface area contributed by atoms with Gasteiger partial charge in [-0.3, -0.25) is 9.48 Å². The highest BCUT2D eigenvalue weighted by Gasteiger charge is 2.13. The van der Waals surface area contributed by atoms with Crippen LogP contribution in [0.4, 0.5) is 5.82 Å². The van der Waals surface area contributed by atoms with Crippen LogP contribution in [-0.4, -0.2) is 66.1 Å². The quantitative estimate of drug-likeness (QED) is 0.343. The Morgan fingerprint density at radius 1 is 1.11 bits per heavy atom. The fourth-order valence-corrected chi connectivity index (χ4v) is 3.82. The minimum atomic E-state index is -0.246. The van der Waals surface area contributed by atoms with Gasteiger partial charge in [-0.25, -0.2) is 19.9 Å². The first-order valence-corrected chi connectivity index (χ1v) is 11.3. The van der Waals surface area contributed by atoms with Crippen LogP contribution < -0.4 is 5.32 Å². The molecule has 1 amide bonds. The third kappa shape index (κ3) is 5.03. The molecule has 2 N–H and O–H groups in total. The number of amides is 1. The van der Waals surface area contributed by atoms with E-state index in [1.807, 2.05) is 56.6 Å². The summed E-state index contributed by atoms with van der Waals surface area (Å²) in [5.74, 6) is 0.194. The summed E-state index contributed by atoms with van der Waals surface area (Å²) in [6.07, 6.45) is 13.9. The van der Waals surface area contributed by atoms with E-state index in [9.17, 15) is 4.79 Å². The molecule has 0 bridgehead atoms. The molecule has 0 saturated carbocycles. The maximum absolute atomic E-state index is 12.5. The number of hydrogen-bond acceptors (Lipinski definition) is 7. The van der Waals surface area contributed by atoms with E-state index in [1.54, 1.807) is 29.3 Å². The van der Waals surface area contributed by atoms with Gasteiger partial charge >= 0.3 is 0 Å². The first-order chi connectivity index (χ1) is 17.5. The fraction of sp³-hybridized carbons (Fsp3) is 0.154. The topological polar surface area (TPSA) is 118 Å². The second-order valence-electron chi connectivity index (χ2n) is 8.60. The van der Waals surface area contributed by atoms with Crippen molar-refractivity contribution in [1.29, 1.82) is 0 Å². The van der Waals surface area contributed by atoms with Gasteiger partial charge in [0.2, 0.25) is 5.91 Å². The first kappa shape index (κ1) is 23.1. The van der Waals surface area contributed by atoms with Crippen molar-refractivity contribution in [3.05, 3.63) is 73.7 Å². The van der Waals surface area contributed by atoms with E-state index in [1.165, 1.54) is 12.4 Å². The summed E-state index contributed by atoms with van der Waals surface area (Å²) in [5, 5.41) is 8.09. The molecule has 0 saturated heterocycles. The average Bonchev–Trinajstić information content (AvgIpc) is 3.50. The Bertz CT molecular complexity index is 1550. The van der Waals surface area contributed by atoms with E-state index in [0.29, 0.717) is 18.1 Å². The number of carbonyl (C=O) groups excluding carboxylic acids is 1. The summed E-state index contributed by atoms with van der Waals surface area (Å²) >= 11 is 0. The molecule has 0 aliphatic carbocycles. The summed E-state index contributed by atoms with van der Waals surface area (Å²) in [5.41, 5.74) is 5.77. The van der Waals surface area contributed by atoms with Crippen LogP contribution in [0.1, 0.15) is 0 Å². The third-order valence-corrected chi connectivity index (χ3v) is 5.54. The summed E-state index contributed by atoms with van der Waals surface area (Å²) in [6, 6.07) is 7.73. The minimum absolute atomic E-state index is 0.246. The highest BCUT2D eigenvalue weighted by molar-refractivity contribution is 5.99. The van der Waals surface area contributed by atoms with Crippen LogP contribution >= 0.6 is 0 Å². The predicted octanol–water partition coefficient (Wildman–Crippen LogP) is 3.54. The maximum Gasteiger partial charge on any atom is 0.249 e. The van der Waals surface area contributed by atoms with Crippen molar-refractivity contribution in [1.82, 2.24) is 39.6 Å². The lowest BCUT2D eigenvalue weighted by molar-refractivity contribution is -0.111. The lowest BCUT2D eigenvalue weighted by Crippen LogP contribution is -2.13. The number of carbonyl (C=O) groups is 1. The molecule has 0 unspecified atom stereocenters. The standard InChI is InChI=1S/C26H25N9O/c1-34(2)8-4-5-25(36)33-24-11-17(10-23(32-24)19-13-31-35(3)15-19)18-9-20-21(14-29-26(20)28-12-18)22-6-7-27-16-30-22/h4-7,9-16H,8H2,1-3H3,(H,28,29)(H,32,33,36)/b5-4+. The second-order valence-corrected chi connectivity index (χ2v) is 8.60. The number of rotatable bonds is 7. The Morgan fingerprint density at radius 2 is 2.00 bits per heavy atom. The molecule has 0 fully saturated rings. The molecule has 5 rings (SSSR count). The Labute approximate surface area is 207 Å². The normalized spacial score (nSPS) is 11.6. The van der Waals surface area contributed by atoms with Crippen LogP contribution in [-0.2, 0) is 11.8 Å². The number of aromatic nitrogens is 7. The molecule has 5 aromatic rings. The summed E-state index contributed by atoms with van der Waals surface area (Å²) in [7, 11) is 5.74. The molecule has 0 atom stereocenters. The number of fused-ring (bicyclic) bond motifs is 1. The smallest absolute Gasteiger partial charge is 0.249 e. The Kier molecular flexibility index (Phi) is 6.33. The zero-order valence-electron chi connectivity index (χ0n) is 20.2. The SMILES string of the molecule is CN(C)C/C=C/C(=O)Nc1cc(-c2cnc3[nH]cc(-c4ccncn4)c3c2)cc(-c2cnn(C)c2)n1. The van der Waals surface area contributed by atoms with Crippen LogP contribution in [0.2, 0.25) is 0 Å². The molecular weight excluding hydrogens is 454 g/mol. The predicted molar refractivity (Wildman–Crippen MR) is 139 cm³/mol. The molecule has 5 heterocycles. The number of H-pyrrole nitrogens is 1. The molecule has 5 aromatic heterocycles. The van der Waals surface area contributed by atoms with Crippen LogP contribution in [0.5, 0.6) is 0 Å². The van der Waals surface area contributed by atoms with E-state index in [2.05, 4.69) is 41.4 Å². The van der Waals surface area contributed by atoms with Crippen LogP contribution in [0.15, 0.2) is 73.7 Å². The summed E-state index contributed by atoms with van der Waals surface area (Å²) in [4.78, 5) is 35.4. The van der Waals surface area contributed by atoms with Gasteiger partial charge in [0, 0.05) is 66.5 Å². The van der Waals surface area contributed by atoms with Gasteiger partial charge in [-0.15, -0.1) is 0 Å². The highest BCUT2D eigenvalue weighted by atomic mass is 16.1. The molecule has 10 heteroatoms. The summed E-state index contributed by atoms with van der Waals surface area (Å²) in [6.45, 7) is 0.666. The zero-order valence-corrected chi connectivity index (χ0v) is 20.2. The van der Waals surface area contributed by atoms with Crippen molar-refractivity contribution in [2.45, 2.75) is 0 Å². The molecule has 0 spiro atoms. The monoisotopic (exact) mass is 479 g/mol. The van der Waals surface area contributed by atoms with Crippen molar-refractivity contribution in [2.75, 3.05) is 26.0 Å². The number of anilines is 1. The molecule has 36 heavy (non-hydrogen) atoms. The van der Waals surface area contributed by atoms with Gasteiger partial charge in [-0.2, -0.15) is 5.10 Å². The number of nitrogens with zero attached hydrogens (tertiary/aromatic N) is 7. The average molecular weight is 480 g/mol. The second kappa shape index (κ2) is 9.88. The Hall–Kier alpha value is -4.70. The van der Waals surface area contributed by atoms with Gasteiger partial charge in [0.25, 0.3) is 0 Å². The molecular formula is C26H25N9O. The van der Waals surface area contributed by atoms with Gasteiger partial charge < -0.3 is 15.2 Å². The van der Waals surface area contributed by atoms with Crippen molar-refractivity contribution in [3.8, 4) is 33.6 Å². The van der Waals surface area contributed by atoms with Crippen molar-refractivity contribution in [2.24, 2.45) is 7.05 Å².